The van der Waals surface area contributed by atoms with E-state index in [1.165, 1.54) is 11.6 Å². The number of nitrogens with zero attached hydrogens (tertiary/aromatic N) is 4. The summed E-state index contributed by atoms with van der Waals surface area (Å²) >= 11 is 0. The molecule has 0 N–H and O–H groups in total. The van der Waals surface area contributed by atoms with E-state index in [0.29, 0.717) is 30.3 Å². The van der Waals surface area contributed by atoms with Crippen LogP contribution in [0.1, 0.15) is 20.3 Å². The molecule has 19 heavy (non-hydrogen) atoms. The standard InChI is InChI=1S/C12H18N4O3/c1-5-7-16-8-9(13-11(16)19-6-2)14(3)12(18)15(4)10(8)17/h5-7H2,1-4H3. The number of ether oxygens (including phenoxy) is 1. The highest BCUT2D eigenvalue weighted by Gasteiger charge is 2.19. The van der Waals surface area contributed by atoms with E-state index in [0.717, 1.165) is 11.0 Å². The van der Waals surface area contributed by atoms with Crippen molar-refractivity contribution < 1.29 is 4.74 Å². The minimum atomic E-state index is -0.387. The molecule has 7 nitrogen and oxygen atoms in total. The van der Waals surface area contributed by atoms with Gasteiger partial charge < -0.3 is 4.74 Å². The Kier molecular flexibility index (Phi) is 3.46. The van der Waals surface area contributed by atoms with Crippen LogP contribution in [0.15, 0.2) is 9.59 Å². The van der Waals surface area contributed by atoms with Crippen LogP contribution in [0.4, 0.5) is 0 Å². The highest BCUT2D eigenvalue weighted by molar-refractivity contribution is 5.71. The predicted octanol–water partition coefficient (Wildman–Crippen LogP) is 0.242. The molecule has 0 atom stereocenters. The van der Waals surface area contributed by atoms with Crippen LogP contribution in [0, 0.1) is 0 Å². The Bertz CT molecular complexity index is 723. The summed E-state index contributed by atoms with van der Waals surface area (Å²) in [7, 11) is 3.07. The van der Waals surface area contributed by atoms with Crippen LogP contribution >= 0.6 is 0 Å². The van der Waals surface area contributed by atoms with Crippen molar-refractivity contribution in [3.8, 4) is 6.01 Å². The average molecular weight is 266 g/mol. The Morgan fingerprint density at radius 2 is 1.84 bits per heavy atom. The third-order valence-corrected chi connectivity index (χ3v) is 3.03. The van der Waals surface area contributed by atoms with E-state index in [2.05, 4.69) is 4.98 Å². The first-order chi connectivity index (χ1) is 9.02. The molecule has 0 aliphatic carbocycles. The first kappa shape index (κ1) is 13.4. The van der Waals surface area contributed by atoms with Gasteiger partial charge in [-0.05, 0) is 13.3 Å². The number of rotatable bonds is 4. The fraction of sp³-hybridized carbons (Fsp3) is 0.583. The first-order valence-corrected chi connectivity index (χ1v) is 6.31. The number of hydrogen-bond donors (Lipinski definition) is 0. The molecule has 0 saturated heterocycles. The molecule has 104 valence electrons. The zero-order valence-corrected chi connectivity index (χ0v) is 11.6. The van der Waals surface area contributed by atoms with Gasteiger partial charge in [-0.1, -0.05) is 6.92 Å². The Balaban J connectivity index is 2.92. The highest BCUT2D eigenvalue weighted by atomic mass is 16.5. The third-order valence-electron chi connectivity index (χ3n) is 3.03. The van der Waals surface area contributed by atoms with Gasteiger partial charge in [0.1, 0.15) is 0 Å². The van der Waals surface area contributed by atoms with E-state index in [1.807, 2.05) is 13.8 Å². The molecule has 0 amide bonds. The SMILES string of the molecule is CCCn1c(OCC)nc2c1c(=O)n(C)c(=O)n2C. The summed E-state index contributed by atoms with van der Waals surface area (Å²) in [4.78, 5) is 28.4. The van der Waals surface area contributed by atoms with Crippen LogP contribution in [0.25, 0.3) is 11.2 Å². The molecule has 7 heteroatoms. The lowest BCUT2D eigenvalue weighted by Crippen LogP contribution is -2.37. The lowest BCUT2D eigenvalue weighted by atomic mass is 10.4. The molecule has 0 unspecified atom stereocenters. The number of imidazole rings is 1. The van der Waals surface area contributed by atoms with Gasteiger partial charge in [0.15, 0.2) is 11.2 Å². The van der Waals surface area contributed by atoms with E-state index in [1.54, 1.807) is 11.6 Å². The quantitative estimate of drug-likeness (QED) is 0.795. The average Bonchev–Trinajstić information content (AvgIpc) is 2.74. The molecule has 0 fully saturated rings. The molecule has 0 aromatic carbocycles. The zero-order valence-electron chi connectivity index (χ0n) is 11.6. The second kappa shape index (κ2) is 4.91. The van der Waals surface area contributed by atoms with Gasteiger partial charge in [-0.25, -0.2) is 4.79 Å². The number of aryl methyl sites for hydroxylation is 2. The Labute approximate surface area is 110 Å². The van der Waals surface area contributed by atoms with Crippen molar-refractivity contribution in [1.82, 2.24) is 18.7 Å². The number of hydrogen-bond acceptors (Lipinski definition) is 4. The summed E-state index contributed by atoms with van der Waals surface area (Å²) in [5.74, 6) is 0. The Morgan fingerprint density at radius 3 is 2.42 bits per heavy atom. The molecule has 0 radical (unpaired) electrons. The molecule has 0 aliphatic rings. The largest absolute Gasteiger partial charge is 0.465 e. The summed E-state index contributed by atoms with van der Waals surface area (Å²) < 4.78 is 9.64. The Hall–Kier alpha value is -2.05. The normalized spacial score (nSPS) is 11.2. The van der Waals surface area contributed by atoms with Crippen LogP contribution in [0.2, 0.25) is 0 Å². The minimum Gasteiger partial charge on any atom is -0.465 e. The minimum absolute atomic E-state index is 0.343. The first-order valence-electron chi connectivity index (χ1n) is 6.31. The molecular formula is C12H18N4O3. The van der Waals surface area contributed by atoms with Crippen molar-refractivity contribution in [3.05, 3.63) is 20.8 Å². The van der Waals surface area contributed by atoms with Crippen molar-refractivity contribution in [1.29, 1.82) is 0 Å². The van der Waals surface area contributed by atoms with Gasteiger partial charge in [0.25, 0.3) is 11.6 Å². The van der Waals surface area contributed by atoms with Gasteiger partial charge in [0.2, 0.25) is 0 Å². The fourth-order valence-electron chi connectivity index (χ4n) is 2.10. The van der Waals surface area contributed by atoms with E-state index >= 15 is 0 Å². The lowest BCUT2D eigenvalue weighted by molar-refractivity contribution is 0.297. The summed E-state index contributed by atoms with van der Waals surface area (Å²) in [5, 5.41) is 0. The van der Waals surface area contributed by atoms with Crippen molar-refractivity contribution in [2.24, 2.45) is 14.1 Å². The molecule has 0 saturated carbocycles. The zero-order chi connectivity index (χ0) is 14.2. The van der Waals surface area contributed by atoms with E-state index in [9.17, 15) is 9.59 Å². The predicted molar refractivity (Wildman–Crippen MR) is 71.7 cm³/mol. The van der Waals surface area contributed by atoms with Gasteiger partial charge in [0, 0.05) is 20.6 Å². The molecular weight excluding hydrogens is 248 g/mol. The van der Waals surface area contributed by atoms with Gasteiger partial charge in [-0.3, -0.25) is 18.5 Å². The van der Waals surface area contributed by atoms with Crippen molar-refractivity contribution in [2.45, 2.75) is 26.8 Å². The summed E-state index contributed by atoms with van der Waals surface area (Å²) in [5.41, 5.74) is 0.0478. The summed E-state index contributed by atoms with van der Waals surface area (Å²) in [6, 6.07) is 0.387. The van der Waals surface area contributed by atoms with Crippen LogP contribution in [-0.4, -0.2) is 25.3 Å². The molecule has 2 rings (SSSR count). The van der Waals surface area contributed by atoms with Gasteiger partial charge >= 0.3 is 5.69 Å². The maximum atomic E-state index is 12.2. The van der Waals surface area contributed by atoms with Gasteiger partial charge in [-0.15, -0.1) is 0 Å². The van der Waals surface area contributed by atoms with E-state index in [-0.39, 0.29) is 11.2 Å². The van der Waals surface area contributed by atoms with Crippen LogP contribution in [0.3, 0.4) is 0 Å². The molecule has 2 aromatic rings. The number of fused-ring (bicyclic) bond motifs is 1. The van der Waals surface area contributed by atoms with Crippen molar-refractivity contribution in [2.75, 3.05) is 6.61 Å². The summed E-state index contributed by atoms with van der Waals surface area (Å²) in [6.45, 7) is 4.95. The molecule has 2 aromatic heterocycles. The molecule has 2 heterocycles. The number of aromatic nitrogens is 4. The third kappa shape index (κ3) is 1.94. The molecule has 0 aliphatic heterocycles. The van der Waals surface area contributed by atoms with Crippen molar-refractivity contribution >= 4 is 11.2 Å². The Morgan fingerprint density at radius 1 is 1.16 bits per heavy atom. The van der Waals surface area contributed by atoms with Crippen LogP contribution in [-0.2, 0) is 20.6 Å². The smallest absolute Gasteiger partial charge is 0.332 e. The topological polar surface area (TPSA) is 71.1 Å². The van der Waals surface area contributed by atoms with Gasteiger partial charge in [0.05, 0.1) is 6.61 Å². The summed E-state index contributed by atoms with van der Waals surface area (Å²) in [6.07, 6.45) is 0.845. The second-order valence-corrected chi connectivity index (χ2v) is 4.36. The molecule has 0 bridgehead atoms. The van der Waals surface area contributed by atoms with Crippen LogP contribution < -0.4 is 16.0 Å². The second-order valence-electron chi connectivity index (χ2n) is 4.36. The molecule has 0 spiro atoms. The fourth-order valence-corrected chi connectivity index (χ4v) is 2.10. The lowest BCUT2D eigenvalue weighted by Gasteiger charge is -2.07. The maximum Gasteiger partial charge on any atom is 0.332 e. The van der Waals surface area contributed by atoms with Crippen molar-refractivity contribution in [3.63, 3.8) is 0 Å². The van der Waals surface area contributed by atoms with E-state index < -0.39 is 0 Å². The van der Waals surface area contributed by atoms with Gasteiger partial charge in [-0.2, -0.15) is 4.98 Å². The highest BCUT2D eigenvalue weighted by Crippen LogP contribution is 2.17. The van der Waals surface area contributed by atoms with E-state index in [4.69, 9.17) is 4.74 Å². The maximum absolute atomic E-state index is 12.2. The monoisotopic (exact) mass is 266 g/mol. The van der Waals surface area contributed by atoms with Crippen LogP contribution in [0.5, 0.6) is 6.01 Å².